The molecule has 1 spiro atoms. The summed E-state index contributed by atoms with van der Waals surface area (Å²) in [4.78, 5) is 26.6. The molecule has 0 aromatic heterocycles. The lowest BCUT2D eigenvalue weighted by Crippen LogP contribution is -2.66. The van der Waals surface area contributed by atoms with Crippen LogP contribution in [0.25, 0.3) is 0 Å². The van der Waals surface area contributed by atoms with Crippen molar-refractivity contribution in [3.05, 3.63) is 34.3 Å². The van der Waals surface area contributed by atoms with Crippen LogP contribution in [-0.4, -0.2) is 28.8 Å². The Bertz CT molecular complexity index is 567. The van der Waals surface area contributed by atoms with E-state index in [2.05, 4.69) is 21.2 Å². The zero-order valence-corrected chi connectivity index (χ0v) is 13.5. The lowest BCUT2D eigenvalue weighted by atomic mass is 9.79. The molecule has 2 fully saturated rings. The van der Waals surface area contributed by atoms with E-state index in [1.807, 2.05) is 24.3 Å². The molecular formula is C16H19BrN2O2. The van der Waals surface area contributed by atoms with Crippen LogP contribution >= 0.6 is 15.9 Å². The Hall–Kier alpha value is -1.36. The minimum Gasteiger partial charge on any atom is -0.340 e. The van der Waals surface area contributed by atoms with E-state index < -0.39 is 5.54 Å². The molecule has 3 rings (SSSR count). The molecule has 1 saturated carbocycles. The molecule has 0 atom stereocenters. The maximum absolute atomic E-state index is 12.8. The van der Waals surface area contributed by atoms with Crippen molar-refractivity contribution < 1.29 is 9.59 Å². The van der Waals surface area contributed by atoms with Gasteiger partial charge in [-0.3, -0.25) is 9.59 Å². The number of carbonyl (C=O) groups excluding carboxylic acids is 2. The first-order valence-electron chi connectivity index (χ1n) is 7.44. The summed E-state index contributed by atoms with van der Waals surface area (Å²) in [6.07, 6.45) is 4.71. The summed E-state index contributed by atoms with van der Waals surface area (Å²) in [6, 6.07) is 7.88. The number of halogens is 1. The number of carbonyl (C=O) groups is 2. The highest BCUT2D eigenvalue weighted by molar-refractivity contribution is 9.10. The molecule has 2 amide bonds. The van der Waals surface area contributed by atoms with Crippen LogP contribution in [0.5, 0.6) is 0 Å². The Morgan fingerprint density at radius 3 is 2.67 bits per heavy atom. The topological polar surface area (TPSA) is 49.4 Å². The standard InChI is InChI=1S/C16H19BrN2O2/c17-13-6-4-5-12(9-13)10-19-11-14(20)18-16(15(19)21)7-2-1-3-8-16/h4-6,9H,1-3,7-8,10-11H2,(H,18,20). The van der Waals surface area contributed by atoms with Crippen molar-refractivity contribution in [2.45, 2.75) is 44.2 Å². The first kappa shape index (κ1) is 14.6. The van der Waals surface area contributed by atoms with E-state index in [-0.39, 0.29) is 18.4 Å². The van der Waals surface area contributed by atoms with Crippen molar-refractivity contribution in [2.24, 2.45) is 0 Å². The molecule has 112 valence electrons. The zero-order chi connectivity index (χ0) is 14.9. The van der Waals surface area contributed by atoms with Crippen LogP contribution in [0.2, 0.25) is 0 Å². The Kier molecular flexibility index (Phi) is 4.02. The van der Waals surface area contributed by atoms with Gasteiger partial charge in [-0.05, 0) is 30.5 Å². The second kappa shape index (κ2) is 5.79. The second-order valence-corrected chi connectivity index (χ2v) is 6.90. The molecule has 2 aliphatic rings. The van der Waals surface area contributed by atoms with Crippen molar-refractivity contribution in [3.63, 3.8) is 0 Å². The molecule has 1 N–H and O–H groups in total. The van der Waals surface area contributed by atoms with Crippen LogP contribution < -0.4 is 5.32 Å². The Morgan fingerprint density at radius 2 is 1.95 bits per heavy atom. The zero-order valence-electron chi connectivity index (χ0n) is 11.9. The molecule has 1 saturated heterocycles. The summed E-state index contributed by atoms with van der Waals surface area (Å²) in [6.45, 7) is 0.653. The Morgan fingerprint density at radius 1 is 1.19 bits per heavy atom. The molecule has 21 heavy (non-hydrogen) atoms. The second-order valence-electron chi connectivity index (χ2n) is 5.98. The van der Waals surface area contributed by atoms with Crippen molar-refractivity contribution in [1.29, 1.82) is 0 Å². The van der Waals surface area contributed by atoms with Gasteiger partial charge in [0.1, 0.15) is 5.54 Å². The smallest absolute Gasteiger partial charge is 0.249 e. The average Bonchev–Trinajstić information content (AvgIpc) is 2.45. The summed E-state index contributed by atoms with van der Waals surface area (Å²) >= 11 is 3.44. The highest BCUT2D eigenvalue weighted by Crippen LogP contribution is 2.32. The number of amides is 2. The fourth-order valence-electron chi connectivity index (χ4n) is 3.39. The monoisotopic (exact) mass is 350 g/mol. The van der Waals surface area contributed by atoms with Crippen molar-refractivity contribution in [1.82, 2.24) is 10.2 Å². The van der Waals surface area contributed by atoms with Crippen LogP contribution in [0.15, 0.2) is 28.7 Å². The van der Waals surface area contributed by atoms with E-state index >= 15 is 0 Å². The number of benzene rings is 1. The minimum atomic E-state index is -0.639. The largest absolute Gasteiger partial charge is 0.340 e. The Balaban J connectivity index is 1.81. The lowest BCUT2D eigenvalue weighted by Gasteiger charge is -2.44. The van der Waals surface area contributed by atoms with Gasteiger partial charge in [0, 0.05) is 11.0 Å². The van der Waals surface area contributed by atoms with E-state index in [1.54, 1.807) is 4.90 Å². The summed E-state index contributed by atoms with van der Waals surface area (Å²) in [5.41, 5.74) is 0.401. The summed E-state index contributed by atoms with van der Waals surface area (Å²) in [5.74, 6) is 0.0493. The molecular weight excluding hydrogens is 332 g/mol. The number of nitrogens with one attached hydrogen (secondary N) is 1. The molecule has 1 aromatic carbocycles. The van der Waals surface area contributed by atoms with Crippen LogP contribution in [0.4, 0.5) is 0 Å². The number of hydrogen-bond acceptors (Lipinski definition) is 2. The fraction of sp³-hybridized carbons (Fsp3) is 0.500. The van der Waals surface area contributed by atoms with E-state index in [4.69, 9.17) is 0 Å². The van der Waals surface area contributed by atoms with Gasteiger partial charge in [0.2, 0.25) is 11.8 Å². The molecule has 1 aliphatic heterocycles. The third kappa shape index (κ3) is 2.98. The maximum Gasteiger partial charge on any atom is 0.249 e. The quantitative estimate of drug-likeness (QED) is 0.891. The highest BCUT2D eigenvalue weighted by atomic mass is 79.9. The molecule has 1 heterocycles. The van der Waals surface area contributed by atoms with Gasteiger partial charge >= 0.3 is 0 Å². The van der Waals surface area contributed by atoms with E-state index in [1.165, 1.54) is 0 Å². The summed E-state index contributed by atoms with van der Waals surface area (Å²) in [7, 11) is 0. The first-order chi connectivity index (χ1) is 10.1. The minimum absolute atomic E-state index is 0.0357. The van der Waals surface area contributed by atoms with Crippen molar-refractivity contribution in [2.75, 3.05) is 6.54 Å². The van der Waals surface area contributed by atoms with E-state index in [9.17, 15) is 9.59 Å². The molecule has 1 aromatic rings. The lowest BCUT2D eigenvalue weighted by molar-refractivity contribution is -0.152. The third-order valence-electron chi connectivity index (χ3n) is 4.38. The molecule has 4 nitrogen and oxygen atoms in total. The summed E-state index contributed by atoms with van der Waals surface area (Å²) in [5, 5.41) is 2.97. The van der Waals surface area contributed by atoms with Crippen LogP contribution in [0, 0.1) is 0 Å². The molecule has 1 aliphatic carbocycles. The van der Waals surface area contributed by atoms with Gasteiger partial charge in [-0.2, -0.15) is 0 Å². The molecule has 0 bridgehead atoms. The normalized spacial score (nSPS) is 21.5. The van der Waals surface area contributed by atoms with Gasteiger partial charge in [0.25, 0.3) is 0 Å². The number of hydrogen-bond donors (Lipinski definition) is 1. The first-order valence-corrected chi connectivity index (χ1v) is 8.23. The van der Waals surface area contributed by atoms with E-state index in [0.29, 0.717) is 6.54 Å². The van der Waals surface area contributed by atoms with Gasteiger partial charge in [0.05, 0.1) is 6.54 Å². The van der Waals surface area contributed by atoms with Gasteiger partial charge in [0.15, 0.2) is 0 Å². The van der Waals surface area contributed by atoms with Crippen LogP contribution in [0.1, 0.15) is 37.7 Å². The van der Waals surface area contributed by atoms with Crippen LogP contribution in [-0.2, 0) is 16.1 Å². The van der Waals surface area contributed by atoms with Crippen molar-refractivity contribution in [3.8, 4) is 0 Å². The number of nitrogens with zero attached hydrogens (tertiary/aromatic N) is 1. The number of piperazine rings is 1. The van der Waals surface area contributed by atoms with Gasteiger partial charge < -0.3 is 10.2 Å². The maximum atomic E-state index is 12.8. The third-order valence-corrected chi connectivity index (χ3v) is 4.87. The van der Waals surface area contributed by atoms with Gasteiger partial charge in [-0.1, -0.05) is 47.3 Å². The van der Waals surface area contributed by atoms with Crippen LogP contribution in [0.3, 0.4) is 0 Å². The number of rotatable bonds is 2. The predicted molar refractivity (Wildman–Crippen MR) is 83.5 cm³/mol. The van der Waals surface area contributed by atoms with Crippen molar-refractivity contribution >= 4 is 27.7 Å². The fourth-order valence-corrected chi connectivity index (χ4v) is 3.83. The average molecular weight is 351 g/mol. The molecule has 5 heteroatoms. The predicted octanol–water partition coefficient (Wildman–Crippen LogP) is 2.61. The SMILES string of the molecule is O=C1CN(Cc2cccc(Br)c2)C(=O)C2(CCCCC2)N1. The Labute approximate surface area is 133 Å². The molecule has 0 radical (unpaired) electrons. The highest BCUT2D eigenvalue weighted by Gasteiger charge is 2.46. The van der Waals surface area contributed by atoms with E-state index in [0.717, 1.165) is 42.1 Å². The van der Waals surface area contributed by atoms with Gasteiger partial charge in [-0.15, -0.1) is 0 Å². The van der Waals surface area contributed by atoms with Gasteiger partial charge in [-0.25, -0.2) is 0 Å². The molecule has 0 unspecified atom stereocenters. The summed E-state index contributed by atoms with van der Waals surface area (Å²) < 4.78 is 0.987.